The molecular formula is C16H22N4O2. The number of hydrogen-bond donors (Lipinski definition) is 2. The molecule has 1 aliphatic heterocycles. The number of rotatable bonds is 7. The first-order valence-electron chi connectivity index (χ1n) is 7.71. The fraction of sp³-hybridized carbons (Fsp3) is 0.500. The van der Waals surface area contributed by atoms with E-state index < -0.39 is 6.10 Å². The van der Waals surface area contributed by atoms with Crippen molar-refractivity contribution >= 4 is 0 Å². The molecule has 2 aromatic rings. The van der Waals surface area contributed by atoms with Gasteiger partial charge in [0, 0.05) is 19.0 Å². The van der Waals surface area contributed by atoms with Gasteiger partial charge in [-0.2, -0.15) is 5.10 Å². The molecule has 0 radical (unpaired) electrons. The monoisotopic (exact) mass is 302 g/mol. The second-order valence-electron chi connectivity index (χ2n) is 5.66. The molecule has 2 heterocycles. The van der Waals surface area contributed by atoms with Crippen molar-refractivity contribution in [2.24, 2.45) is 0 Å². The van der Waals surface area contributed by atoms with E-state index in [-0.39, 0.29) is 0 Å². The Morgan fingerprint density at radius 2 is 2.23 bits per heavy atom. The molecule has 0 amide bonds. The van der Waals surface area contributed by atoms with Crippen LogP contribution >= 0.6 is 0 Å². The first kappa shape index (κ1) is 15.1. The van der Waals surface area contributed by atoms with Gasteiger partial charge in [0.05, 0.1) is 25.9 Å². The van der Waals surface area contributed by atoms with E-state index in [9.17, 15) is 5.11 Å². The summed E-state index contributed by atoms with van der Waals surface area (Å²) < 4.78 is 7.48. The van der Waals surface area contributed by atoms with Crippen LogP contribution in [-0.2, 0) is 24.3 Å². The summed E-state index contributed by atoms with van der Waals surface area (Å²) in [6.45, 7) is 2.21. The summed E-state index contributed by atoms with van der Waals surface area (Å²) in [4.78, 5) is 4.21. The van der Waals surface area contributed by atoms with Crippen molar-refractivity contribution in [3.8, 4) is 0 Å². The number of ether oxygens (including phenoxy) is 1. The first-order valence-corrected chi connectivity index (χ1v) is 7.71. The molecule has 6 nitrogen and oxygen atoms in total. The van der Waals surface area contributed by atoms with Crippen LogP contribution in [0.3, 0.4) is 0 Å². The highest BCUT2D eigenvalue weighted by atomic mass is 16.5. The summed E-state index contributed by atoms with van der Waals surface area (Å²) in [7, 11) is 0. The molecule has 1 aromatic carbocycles. The molecule has 0 bridgehead atoms. The summed E-state index contributed by atoms with van der Waals surface area (Å²) in [5, 5.41) is 17.6. The van der Waals surface area contributed by atoms with Gasteiger partial charge in [0.2, 0.25) is 0 Å². The molecule has 118 valence electrons. The highest BCUT2D eigenvalue weighted by Gasteiger charge is 2.19. The standard InChI is InChI=1S/C16H22N4O2/c21-15(11-22-10-13-4-2-1-3-5-13)8-17-14-6-7-16-18-12-19-20(16)9-14/h1-5,12,14-15,17,21H,6-11H2/t14-,15-/m1/s1. The van der Waals surface area contributed by atoms with Crippen LogP contribution in [0.1, 0.15) is 17.8 Å². The van der Waals surface area contributed by atoms with Crippen molar-refractivity contribution in [3.63, 3.8) is 0 Å². The molecule has 2 atom stereocenters. The molecule has 1 aliphatic rings. The van der Waals surface area contributed by atoms with Gasteiger partial charge in [-0.25, -0.2) is 9.67 Å². The van der Waals surface area contributed by atoms with E-state index in [1.165, 1.54) is 0 Å². The van der Waals surface area contributed by atoms with E-state index in [2.05, 4.69) is 15.4 Å². The Bertz CT molecular complexity index is 573. The number of aryl methyl sites for hydroxylation is 1. The summed E-state index contributed by atoms with van der Waals surface area (Å²) >= 11 is 0. The Labute approximate surface area is 130 Å². The third-order valence-corrected chi connectivity index (χ3v) is 3.87. The van der Waals surface area contributed by atoms with Gasteiger partial charge in [0.15, 0.2) is 0 Å². The SMILES string of the molecule is O[C@H](CN[C@@H]1CCc2ncnn2C1)COCc1ccccc1. The predicted octanol–water partition coefficient (Wildman–Crippen LogP) is 0.760. The van der Waals surface area contributed by atoms with E-state index in [4.69, 9.17) is 4.74 Å². The minimum absolute atomic E-state index is 0.331. The predicted molar refractivity (Wildman–Crippen MR) is 82.2 cm³/mol. The van der Waals surface area contributed by atoms with Crippen molar-refractivity contribution < 1.29 is 9.84 Å². The maximum atomic E-state index is 9.99. The third kappa shape index (κ3) is 4.13. The maximum absolute atomic E-state index is 9.99. The second kappa shape index (κ2) is 7.49. The zero-order valence-electron chi connectivity index (χ0n) is 12.6. The molecular weight excluding hydrogens is 280 g/mol. The maximum Gasteiger partial charge on any atom is 0.138 e. The summed E-state index contributed by atoms with van der Waals surface area (Å²) in [6, 6.07) is 10.3. The summed E-state index contributed by atoms with van der Waals surface area (Å²) in [5.41, 5.74) is 1.12. The molecule has 0 aliphatic carbocycles. The van der Waals surface area contributed by atoms with Crippen LogP contribution in [0.4, 0.5) is 0 Å². The Hall–Kier alpha value is -1.76. The lowest BCUT2D eigenvalue weighted by atomic mass is 10.1. The highest BCUT2D eigenvalue weighted by Crippen LogP contribution is 2.11. The molecule has 0 unspecified atom stereocenters. The number of nitrogens with zero attached hydrogens (tertiary/aromatic N) is 3. The minimum atomic E-state index is -0.499. The summed E-state index contributed by atoms with van der Waals surface area (Å²) in [6.07, 6.45) is 3.05. The lowest BCUT2D eigenvalue weighted by Gasteiger charge is -2.24. The van der Waals surface area contributed by atoms with Crippen LogP contribution in [0.25, 0.3) is 0 Å². The molecule has 6 heteroatoms. The Morgan fingerprint density at radius 3 is 3.09 bits per heavy atom. The van der Waals surface area contributed by atoms with E-state index in [1.54, 1.807) is 6.33 Å². The fourth-order valence-corrected chi connectivity index (χ4v) is 2.65. The second-order valence-corrected chi connectivity index (χ2v) is 5.66. The molecule has 1 aromatic heterocycles. The fourth-order valence-electron chi connectivity index (χ4n) is 2.65. The average Bonchev–Trinajstić information content (AvgIpc) is 3.01. The smallest absolute Gasteiger partial charge is 0.138 e. The Kier molecular flexibility index (Phi) is 5.15. The zero-order valence-corrected chi connectivity index (χ0v) is 12.6. The molecule has 22 heavy (non-hydrogen) atoms. The van der Waals surface area contributed by atoms with E-state index in [1.807, 2.05) is 35.0 Å². The van der Waals surface area contributed by atoms with Crippen molar-refractivity contribution in [1.82, 2.24) is 20.1 Å². The Morgan fingerprint density at radius 1 is 1.36 bits per heavy atom. The lowest BCUT2D eigenvalue weighted by Crippen LogP contribution is -2.42. The zero-order chi connectivity index (χ0) is 15.2. The van der Waals surface area contributed by atoms with Gasteiger partial charge < -0.3 is 15.2 Å². The van der Waals surface area contributed by atoms with E-state index >= 15 is 0 Å². The quantitative estimate of drug-likeness (QED) is 0.790. The van der Waals surface area contributed by atoms with Gasteiger partial charge in [-0.05, 0) is 12.0 Å². The van der Waals surface area contributed by atoms with Gasteiger partial charge >= 0.3 is 0 Å². The van der Waals surface area contributed by atoms with Crippen LogP contribution in [0, 0.1) is 0 Å². The number of fused-ring (bicyclic) bond motifs is 1. The lowest BCUT2D eigenvalue weighted by molar-refractivity contribution is 0.0269. The third-order valence-electron chi connectivity index (χ3n) is 3.87. The van der Waals surface area contributed by atoms with Crippen LogP contribution in [0.2, 0.25) is 0 Å². The average molecular weight is 302 g/mol. The topological polar surface area (TPSA) is 72.2 Å². The largest absolute Gasteiger partial charge is 0.389 e. The molecule has 0 saturated heterocycles. The van der Waals surface area contributed by atoms with Crippen LogP contribution in [-0.4, -0.2) is 45.2 Å². The molecule has 0 fully saturated rings. The highest BCUT2D eigenvalue weighted by molar-refractivity contribution is 5.13. The number of benzene rings is 1. The normalized spacial score (nSPS) is 18.9. The molecule has 0 spiro atoms. The molecule has 2 N–H and O–H groups in total. The number of aliphatic hydroxyl groups is 1. The van der Waals surface area contributed by atoms with Crippen molar-refractivity contribution in [3.05, 3.63) is 48.0 Å². The van der Waals surface area contributed by atoms with Crippen LogP contribution in [0.5, 0.6) is 0 Å². The van der Waals surface area contributed by atoms with E-state index in [0.717, 1.165) is 30.8 Å². The number of hydrogen-bond acceptors (Lipinski definition) is 5. The van der Waals surface area contributed by atoms with Gasteiger partial charge in [-0.3, -0.25) is 0 Å². The molecule has 0 saturated carbocycles. The van der Waals surface area contributed by atoms with E-state index in [0.29, 0.717) is 25.8 Å². The van der Waals surface area contributed by atoms with Crippen LogP contribution in [0.15, 0.2) is 36.7 Å². The Balaban J connectivity index is 1.34. The number of nitrogens with one attached hydrogen (secondary N) is 1. The summed E-state index contributed by atoms with van der Waals surface area (Å²) in [5.74, 6) is 1.05. The molecule has 3 rings (SSSR count). The number of aliphatic hydroxyl groups excluding tert-OH is 1. The van der Waals surface area contributed by atoms with Crippen molar-refractivity contribution in [1.29, 1.82) is 0 Å². The minimum Gasteiger partial charge on any atom is -0.389 e. The number of aromatic nitrogens is 3. The van der Waals surface area contributed by atoms with Gasteiger partial charge in [-0.15, -0.1) is 0 Å². The van der Waals surface area contributed by atoms with Crippen molar-refractivity contribution in [2.75, 3.05) is 13.2 Å². The van der Waals surface area contributed by atoms with Gasteiger partial charge in [0.25, 0.3) is 0 Å². The van der Waals surface area contributed by atoms with Gasteiger partial charge in [0.1, 0.15) is 12.2 Å². The van der Waals surface area contributed by atoms with Gasteiger partial charge in [-0.1, -0.05) is 30.3 Å². The van der Waals surface area contributed by atoms with Crippen LogP contribution < -0.4 is 5.32 Å². The first-order chi connectivity index (χ1) is 10.8. The van der Waals surface area contributed by atoms with Crippen molar-refractivity contribution in [2.45, 2.75) is 38.1 Å².